The van der Waals surface area contributed by atoms with Crippen LogP contribution in [0.3, 0.4) is 0 Å². The highest BCUT2D eigenvalue weighted by atomic mass is 19.1. The summed E-state index contributed by atoms with van der Waals surface area (Å²) in [4.78, 5) is 10.7. The normalized spacial score (nSPS) is 10.6. The molecule has 2 heterocycles. The van der Waals surface area contributed by atoms with Crippen molar-refractivity contribution in [1.82, 2.24) is 25.2 Å². The van der Waals surface area contributed by atoms with E-state index in [0.717, 1.165) is 0 Å². The van der Waals surface area contributed by atoms with Gasteiger partial charge < -0.3 is 9.84 Å². The number of carbonyl (C=O) groups is 1. The summed E-state index contributed by atoms with van der Waals surface area (Å²) in [7, 11) is 1.71. The van der Waals surface area contributed by atoms with Crippen LogP contribution in [-0.4, -0.2) is 36.3 Å². The molecule has 1 aromatic carbocycles. The van der Waals surface area contributed by atoms with Gasteiger partial charge in [-0.15, -0.1) is 15.3 Å². The summed E-state index contributed by atoms with van der Waals surface area (Å²) in [6.07, 6.45) is 0. The molecule has 8 nitrogen and oxygen atoms in total. The number of nitrogens with zero attached hydrogens (tertiary/aromatic N) is 5. The highest BCUT2D eigenvalue weighted by molar-refractivity contribution is 5.84. The van der Waals surface area contributed by atoms with Crippen molar-refractivity contribution in [1.29, 1.82) is 0 Å². The Bertz CT molecular complexity index is 862. The zero-order valence-corrected chi connectivity index (χ0v) is 12.5. The van der Waals surface area contributed by atoms with Gasteiger partial charge in [-0.05, 0) is 30.3 Å². The zero-order chi connectivity index (χ0) is 17.1. The van der Waals surface area contributed by atoms with E-state index in [1.165, 1.54) is 28.9 Å². The van der Waals surface area contributed by atoms with Crippen LogP contribution < -0.4 is 4.74 Å². The second kappa shape index (κ2) is 6.41. The van der Waals surface area contributed by atoms with Crippen LogP contribution in [-0.2, 0) is 13.7 Å². The average molecular weight is 329 g/mol. The minimum absolute atomic E-state index is 0.0946. The first kappa shape index (κ1) is 15.5. The van der Waals surface area contributed by atoms with Crippen molar-refractivity contribution in [2.75, 3.05) is 0 Å². The van der Waals surface area contributed by atoms with Crippen LogP contribution in [0, 0.1) is 5.82 Å². The van der Waals surface area contributed by atoms with Gasteiger partial charge in [-0.3, -0.25) is 0 Å². The van der Waals surface area contributed by atoms with E-state index in [1.807, 2.05) is 0 Å². The number of hydrogen-bond acceptors (Lipinski definition) is 6. The van der Waals surface area contributed by atoms with Crippen LogP contribution in [0.2, 0.25) is 0 Å². The van der Waals surface area contributed by atoms with E-state index in [1.54, 1.807) is 19.2 Å². The lowest BCUT2D eigenvalue weighted by Crippen LogP contribution is -2.07. The Morgan fingerprint density at radius 2 is 1.92 bits per heavy atom. The van der Waals surface area contributed by atoms with E-state index in [2.05, 4.69) is 20.5 Å². The van der Waals surface area contributed by atoms with Gasteiger partial charge in [0, 0.05) is 18.7 Å². The number of halogens is 1. The SMILES string of the molecule is Cn1nnc(-c2ccc(F)cc2)c1COc1ccc(C(=O)O)nn1. The number of aromatic nitrogens is 5. The molecule has 0 aliphatic rings. The van der Waals surface area contributed by atoms with Crippen LogP contribution in [0.15, 0.2) is 36.4 Å². The fourth-order valence-corrected chi connectivity index (χ4v) is 2.02. The van der Waals surface area contributed by atoms with Gasteiger partial charge in [0.15, 0.2) is 5.69 Å². The predicted octanol–water partition coefficient (Wildman–Crippen LogP) is 1.69. The molecule has 0 aliphatic heterocycles. The standard InChI is InChI=1S/C15H12FN5O3/c1-21-12(8-24-13-7-6-11(15(22)23)17-18-13)14(19-20-21)9-2-4-10(16)5-3-9/h2-7H,8H2,1H3,(H,22,23). The summed E-state index contributed by atoms with van der Waals surface area (Å²) < 4.78 is 20.1. The number of benzene rings is 1. The van der Waals surface area contributed by atoms with Gasteiger partial charge in [-0.25, -0.2) is 13.9 Å². The van der Waals surface area contributed by atoms with E-state index in [0.29, 0.717) is 17.0 Å². The third-order valence-corrected chi connectivity index (χ3v) is 3.28. The fraction of sp³-hybridized carbons (Fsp3) is 0.133. The average Bonchev–Trinajstić information content (AvgIpc) is 2.95. The first-order valence-electron chi connectivity index (χ1n) is 6.89. The number of ether oxygens (including phenoxy) is 1. The highest BCUT2D eigenvalue weighted by Crippen LogP contribution is 2.22. The van der Waals surface area contributed by atoms with E-state index in [4.69, 9.17) is 9.84 Å². The van der Waals surface area contributed by atoms with Crippen molar-refractivity contribution in [2.24, 2.45) is 7.05 Å². The Labute approximate surface area is 135 Å². The van der Waals surface area contributed by atoms with E-state index >= 15 is 0 Å². The van der Waals surface area contributed by atoms with Gasteiger partial charge >= 0.3 is 5.97 Å². The number of carboxylic acid groups (broad SMARTS) is 1. The number of aromatic carboxylic acids is 1. The molecule has 0 aliphatic carbocycles. The smallest absolute Gasteiger partial charge is 0.356 e. The van der Waals surface area contributed by atoms with Crippen molar-refractivity contribution in [3.05, 3.63) is 53.6 Å². The maximum atomic E-state index is 13.0. The van der Waals surface area contributed by atoms with Crippen molar-refractivity contribution in [3.63, 3.8) is 0 Å². The van der Waals surface area contributed by atoms with Crippen LogP contribution in [0.1, 0.15) is 16.2 Å². The molecule has 0 fully saturated rings. The Hall–Kier alpha value is -3.36. The molecule has 122 valence electrons. The second-order valence-electron chi connectivity index (χ2n) is 4.87. The summed E-state index contributed by atoms with van der Waals surface area (Å²) >= 11 is 0. The molecule has 3 aromatic rings. The van der Waals surface area contributed by atoms with Gasteiger partial charge in [0.1, 0.15) is 23.8 Å². The molecule has 0 saturated heterocycles. The third-order valence-electron chi connectivity index (χ3n) is 3.28. The van der Waals surface area contributed by atoms with E-state index in [-0.39, 0.29) is 24.0 Å². The van der Waals surface area contributed by atoms with E-state index in [9.17, 15) is 9.18 Å². The molecular formula is C15H12FN5O3. The second-order valence-corrected chi connectivity index (χ2v) is 4.87. The number of carboxylic acids is 1. The molecule has 3 rings (SSSR count). The number of rotatable bonds is 5. The topological polar surface area (TPSA) is 103 Å². The minimum Gasteiger partial charge on any atom is -0.476 e. The quantitative estimate of drug-likeness (QED) is 0.759. The van der Waals surface area contributed by atoms with Crippen molar-refractivity contribution in [3.8, 4) is 17.1 Å². The maximum Gasteiger partial charge on any atom is 0.356 e. The lowest BCUT2D eigenvalue weighted by atomic mass is 10.1. The lowest BCUT2D eigenvalue weighted by Gasteiger charge is -2.07. The molecule has 1 N–H and O–H groups in total. The first-order chi connectivity index (χ1) is 11.5. The summed E-state index contributed by atoms with van der Waals surface area (Å²) in [6.45, 7) is 0.0946. The first-order valence-corrected chi connectivity index (χ1v) is 6.89. The molecule has 0 amide bonds. The zero-order valence-electron chi connectivity index (χ0n) is 12.5. The molecule has 0 radical (unpaired) electrons. The number of hydrogen-bond donors (Lipinski definition) is 1. The third kappa shape index (κ3) is 3.19. The van der Waals surface area contributed by atoms with Gasteiger partial charge in [0.05, 0.1) is 0 Å². The molecular weight excluding hydrogens is 317 g/mol. The van der Waals surface area contributed by atoms with Gasteiger partial charge in [0.2, 0.25) is 5.88 Å². The van der Waals surface area contributed by atoms with Gasteiger partial charge in [0.25, 0.3) is 0 Å². The Balaban J connectivity index is 1.79. The fourth-order valence-electron chi connectivity index (χ4n) is 2.02. The summed E-state index contributed by atoms with van der Waals surface area (Å²) in [6, 6.07) is 8.59. The molecule has 0 spiro atoms. The van der Waals surface area contributed by atoms with Gasteiger partial charge in [-0.1, -0.05) is 5.21 Å². The molecule has 0 unspecified atom stereocenters. The lowest BCUT2D eigenvalue weighted by molar-refractivity contribution is 0.0689. The number of aryl methyl sites for hydroxylation is 1. The molecule has 2 aromatic heterocycles. The van der Waals surface area contributed by atoms with Crippen molar-refractivity contribution in [2.45, 2.75) is 6.61 Å². The Kier molecular flexibility index (Phi) is 4.15. The van der Waals surface area contributed by atoms with Crippen LogP contribution in [0.25, 0.3) is 11.3 Å². The maximum absolute atomic E-state index is 13.0. The molecule has 24 heavy (non-hydrogen) atoms. The molecule has 9 heteroatoms. The van der Waals surface area contributed by atoms with Crippen molar-refractivity contribution >= 4 is 5.97 Å². The Morgan fingerprint density at radius 3 is 2.54 bits per heavy atom. The van der Waals surface area contributed by atoms with Crippen molar-refractivity contribution < 1.29 is 19.0 Å². The molecule has 0 saturated carbocycles. The van der Waals surface area contributed by atoms with Crippen LogP contribution in [0.5, 0.6) is 5.88 Å². The molecule has 0 bridgehead atoms. The highest BCUT2D eigenvalue weighted by Gasteiger charge is 2.14. The molecule has 0 atom stereocenters. The monoisotopic (exact) mass is 329 g/mol. The summed E-state index contributed by atoms with van der Waals surface area (Å²) in [5, 5.41) is 24.0. The Morgan fingerprint density at radius 1 is 1.17 bits per heavy atom. The largest absolute Gasteiger partial charge is 0.476 e. The minimum atomic E-state index is -1.16. The summed E-state index contributed by atoms with van der Waals surface area (Å²) in [5.74, 6) is -1.33. The van der Waals surface area contributed by atoms with E-state index < -0.39 is 5.97 Å². The van der Waals surface area contributed by atoms with Gasteiger partial charge in [-0.2, -0.15) is 0 Å². The predicted molar refractivity (Wildman–Crippen MR) is 79.7 cm³/mol. The summed E-state index contributed by atoms with van der Waals surface area (Å²) in [5.41, 5.74) is 1.75. The van der Waals surface area contributed by atoms with Crippen LogP contribution in [0.4, 0.5) is 4.39 Å². The van der Waals surface area contributed by atoms with Crippen LogP contribution >= 0.6 is 0 Å².